The van der Waals surface area contributed by atoms with E-state index in [1.54, 1.807) is 19.9 Å². The fourth-order valence-corrected chi connectivity index (χ4v) is 1.85. The van der Waals surface area contributed by atoms with Gasteiger partial charge < -0.3 is 15.2 Å². The number of hydrogen-bond donors (Lipinski definition) is 2. The molecule has 0 heterocycles. The van der Waals surface area contributed by atoms with E-state index in [1.165, 1.54) is 0 Å². The van der Waals surface area contributed by atoms with Crippen molar-refractivity contribution < 1.29 is 23.9 Å². The van der Waals surface area contributed by atoms with E-state index in [0.29, 0.717) is 5.75 Å². The van der Waals surface area contributed by atoms with E-state index in [-0.39, 0.29) is 18.9 Å². The molecule has 1 aromatic rings. The summed E-state index contributed by atoms with van der Waals surface area (Å²) in [6, 6.07) is 6.44. The van der Waals surface area contributed by atoms with Crippen LogP contribution in [-0.2, 0) is 14.3 Å². The van der Waals surface area contributed by atoms with Crippen molar-refractivity contribution in [1.29, 1.82) is 0 Å². The highest BCUT2D eigenvalue weighted by Crippen LogP contribution is 2.16. The van der Waals surface area contributed by atoms with Crippen LogP contribution in [0.15, 0.2) is 24.3 Å². The number of para-hydroxylation sites is 1. The first kappa shape index (κ1) is 18.5. The molecule has 0 unspecified atom stereocenters. The second-order valence-electron chi connectivity index (χ2n) is 5.37. The largest absolute Gasteiger partial charge is 0.493 e. The van der Waals surface area contributed by atoms with Crippen LogP contribution < -0.4 is 15.8 Å². The molecule has 0 aliphatic rings. The van der Waals surface area contributed by atoms with E-state index in [9.17, 15) is 14.4 Å². The Morgan fingerprint density at radius 1 is 1.22 bits per heavy atom. The van der Waals surface area contributed by atoms with E-state index in [1.807, 2.05) is 30.4 Å². The van der Waals surface area contributed by atoms with Gasteiger partial charge in [-0.1, -0.05) is 32.0 Å². The molecule has 0 saturated carbocycles. The van der Waals surface area contributed by atoms with Crippen molar-refractivity contribution >= 4 is 17.9 Å². The Labute approximate surface area is 135 Å². The summed E-state index contributed by atoms with van der Waals surface area (Å²) in [7, 11) is 0. The molecule has 1 aromatic carbocycles. The molecule has 1 rings (SSSR count). The molecule has 1 atom stereocenters. The fraction of sp³-hybridized carbons (Fsp3) is 0.438. The highest BCUT2D eigenvalue weighted by atomic mass is 16.6. The molecule has 0 spiro atoms. The molecule has 3 amide bonds. The van der Waals surface area contributed by atoms with Gasteiger partial charge in [-0.2, -0.15) is 0 Å². The maximum Gasteiger partial charge on any atom is 0.318 e. The molecule has 0 saturated heterocycles. The topological polar surface area (TPSA) is 108 Å². The number of benzene rings is 1. The molecule has 3 N–H and O–H groups in total. The lowest BCUT2D eigenvalue weighted by atomic mass is 10.1. The Kier molecular flexibility index (Phi) is 7.05. The Balaban J connectivity index is 2.48. The van der Waals surface area contributed by atoms with Crippen molar-refractivity contribution in [2.75, 3.05) is 6.61 Å². The Bertz CT molecular complexity index is 571. The van der Waals surface area contributed by atoms with Gasteiger partial charge in [0, 0.05) is 0 Å². The van der Waals surface area contributed by atoms with Crippen LogP contribution in [0.3, 0.4) is 0 Å². The fourth-order valence-electron chi connectivity index (χ4n) is 1.85. The number of primary amides is 1. The minimum atomic E-state index is -1.08. The summed E-state index contributed by atoms with van der Waals surface area (Å²) < 4.78 is 10.6. The maximum absolute atomic E-state index is 11.8. The summed E-state index contributed by atoms with van der Waals surface area (Å²) in [5.41, 5.74) is 5.85. The van der Waals surface area contributed by atoms with Gasteiger partial charge in [-0.05, 0) is 24.5 Å². The zero-order valence-electron chi connectivity index (χ0n) is 13.5. The smallest absolute Gasteiger partial charge is 0.318 e. The predicted molar refractivity (Wildman–Crippen MR) is 83.7 cm³/mol. The SMILES string of the molecule is Cc1ccccc1OCCC(=O)O[C@H](C(=O)NC(N)=O)C(C)C. The second kappa shape index (κ2) is 8.77. The van der Waals surface area contributed by atoms with Crippen LogP contribution in [0.2, 0.25) is 0 Å². The van der Waals surface area contributed by atoms with Crippen molar-refractivity contribution in [1.82, 2.24) is 5.32 Å². The monoisotopic (exact) mass is 322 g/mol. The number of esters is 1. The minimum Gasteiger partial charge on any atom is -0.493 e. The van der Waals surface area contributed by atoms with Crippen molar-refractivity contribution in [2.45, 2.75) is 33.3 Å². The number of nitrogens with one attached hydrogen (secondary N) is 1. The van der Waals surface area contributed by atoms with Crippen LogP contribution in [0.1, 0.15) is 25.8 Å². The summed E-state index contributed by atoms with van der Waals surface area (Å²) >= 11 is 0. The van der Waals surface area contributed by atoms with Crippen LogP contribution in [-0.4, -0.2) is 30.6 Å². The summed E-state index contributed by atoms with van der Waals surface area (Å²) in [5.74, 6) is -0.930. The lowest BCUT2D eigenvalue weighted by Gasteiger charge is -2.19. The van der Waals surface area contributed by atoms with Crippen molar-refractivity contribution in [3.63, 3.8) is 0 Å². The Hall–Kier alpha value is -2.57. The third-order valence-electron chi connectivity index (χ3n) is 3.03. The zero-order valence-corrected chi connectivity index (χ0v) is 13.5. The van der Waals surface area contributed by atoms with Gasteiger partial charge in [0.15, 0.2) is 6.10 Å². The quantitative estimate of drug-likeness (QED) is 0.740. The molecule has 23 heavy (non-hydrogen) atoms. The van der Waals surface area contributed by atoms with Crippen molar-refractivity contribution in [3.05, 3.63) is 29.8 Å². The van der Waals surface area contributed by atoms with E-state index < -0.39 is 24.0 Å². The molecule has 0 aliphatic heterocycles. The van der Waals surface area contributed by atoms with Gasteiger partial charge in [-0.25, -0.2) is 4.79 Å². The molecular formula is C16H22N2O5. The number of amides is 3. The number of urea groups is 1. The lowest BCUT2D eigenvalue weighted by molar-refractivity contribution is -0.158. The van der Waals surface area contributed by atoms with Crippen LogP contribution in [0.4, 0.5) is 4.79 Å². The summed E-state index contributed by atoms with van der Waals surface area (Å²) in [4.78, 5) is 34.3. The maximum atomic E-state index is 11.8. The number of hydrogen-bond acceptors (Lipinski definition) is 5. The van der Waals surface area contributed by atoms with Crippen molar-refractivity contribution in [3.8, 4) is 5.75 Å². The third-order valence-corrected chi connectivity index (χ3v) is 3.03. The molecular weight excluding hydrogens is 300 g/mol. The first-order valence-corrected chi connectivity index (χ1v) is 7.29. The van der Waals surface area contributed by atoms with E-state index in [0.717, 1.165) is 5.56 Å². The highest BCUT2D eigenvalue weighted by Gasteiger charge is 2.27. The number of rotatable bonds is 7. The molecule has 0 bridgehead atoms. The number of ether oxygens (including phenoxy) is 2. The third kappa shape index (κ3) is 6.37. The van der Waals surface area contributed by atoms with Gasteiger partial charge >= 0.3 is 12.0 Å². The van der Waals surface area contributed by atoms with Crippen molar-refractivity contribution in [2.24, 2.45) is 11.7 Å². The van der Waals surface area contributed by atoms with Crippen LogP contribution in [0.5, 0.6) is 5.75 Å². The van der Waals surface area contributed by atoms with Gasteiger partial charge in [0.05, 0.1) is 13.0 Å². The van der Waals surface area contributed by atoms with Gasteiger partial charge in [-0.3, -0.25) is 14.9 Å². The molecule has 7 heteroatoms. The minimum absolute atomic E-state index is 0.0125. The molecule has 0 radical (unpaired) electrons. The Morgan fingerprint density at radius 2 is 1.87 bits per heavy atom. The standard InChI is InChI=1S/C16H22N2O5/c1-10(2)14(15(20)18-16(17)21)23-13(19)8-9-22-12-7-5-4-6-11(12)3/h4-7,10,14H,8-9H2,1-3H3,(H3,17,18,20,21)/t14-/m0/s1. The van der Waals surface area contributed by atoms with Gasteiger partial charge in [-0.15, -0.1) is 0 Å². The molecule has 0 fully saturated rings. The number of carbonyl (C=O) groups excluding carboxylic acids is 3. The molecule has 7 nitrogen and oxygen atoms in total. The second-order valence-corrected chi connectivity index (χ2v) is 5.37. The zero-order chi connectivity index (χ0) is 17.4. The average Bonchev–Trinajstić information content (AvgIpc) is 2.45. The van der Waals surface area contributed by atoms with Gasteiger partial charge in [0.1, 0.15) is 5.75 Å². The van der Waals surface area contributed by atoms with Gasteiger partial charge in [0.25, 0.3) is 5.91 Å². The normalized spacial score (nSPS) is 11.7. The number of carbonyl (C=O) groups is 3. The predicted octanol–water partition coefficient (Wildman–Crippen LogP) is 1.53. The molecule has 0 aromatic heterocycles. The van der Waals surface area contributed by atoms with E-state index in [2.05, 4.69) is 0 Å². The van der Waals surface area contributed by atoms with Crippen LogP contribution >= 0.6 is 0 Å². The Morgan fingerprint density at radius 3 is 2.43 bits per heavy atom. The summed E-state index contributed by atoms with van der Waals surface area (Å²) in [5, 5.41) is 1.91. The average molecular weight is 322 g/mol. The first-order valence-electron chi connectivity index (χ1n) is 7.29. The summed E-state index contributed by atoms with van der Waals surface area (Å²) in [6.07, 6.45) is -1.09. The number of nitrogens with two attached hydrogens (primary N) is 1. The van der Waals surface area contributed by atoms with E-state index in [4.69, 9.17) is 15.2 Å². The first-order chi connectivity index (χ1) is 10.8. The van der Waals surface area contributed by atoms with E-state index >= 15 is 0 Å². The molecule has 0 aliphatic carbocycles. The number of imide groups is 1. The van der Waals surface area contributed by atoms with Crippen LogP contribution in [0, 0.1) is 12.8 Å². The van der Waals surface area contributed by atoms with Crippen LogP contribution in [0.25, 0.3) is 0 Å². The molecule has 126 valence electrons. The van der Waals surface area contributed by atoms with Gasteiger partial charge in [0.2, 0.25) is 0 Å². The highest BCUT2D eigenvalue weighted by molar-refractivity contribution is 5.96. The lowest BCUT2D eigenvalue weighted by Crippen LogP contribution is -2.45. The summed E-state index contributed by atoms with van der Waals surface area (Å²) in [6.45, 7) is 5.42. The number of aryl methyl sites for hydroxylation is 1.